The van der Waals surface area contributed by atoms with Gasteiger partial charge in [-0.15, -0.1) is 0 Å². The van der Waals surface area contributed by atoms with E-state index in [0.717, 1.165) is 0 Å². The molecule has 2 aliphatic heterocycles. The topological polar surface area (TPSA) is 15.6 Å². The molecule has 2 aliphatic rings. The molecule has 0 aromatic heterocycles. The second kappa shape index (κ2) is 2.82. The van der Waals surface area contributed by atoms with Gasteiger partial charge >= 0.3 is 0 Å². The smallest absolute Gasteiger partial charge is 0.113 e. The van der Waals surface area contributed by atoms with Gasteiger partial charge in [-0.3, -0.25) is 0 Å². The maximum Gasteiger partial charge on any atom is 0.113 e. The van der Waals surface area contributed by atoms with Crippen LogP contribution in [0.25, 0.3) is 0 Å². The monoisotopic (exact) mass is 156 g/mol. The van der Waals surface area contributed by atoms with Gasteiger partial charge in [0.05, 0.1) is 0 Å². The molecule has 0 N–H and O–H groups in total. The van der Waals surface area contributed by atoms with Crippen LogP contribution in [0.5, 0.6) is 0 Å². The number of nitrogens with zero attached hydrogens (tertiary/aromatic N) is 2. The van der Waals surface area contributed by atoms with Gasteiger partial charge in [-0.2, -0.15) is 0 Å². The van der Waals surface area contributed by atoms with Crippen LogP contribution in [-0.4, -0.2) is 29.6 Å². The first kappa shape index (κ1) is 6.53. The number of hydrogen-bond acceptors (Lipinski definition) is 3. The summed E-state index contributed by atoms with van der Waals surface area (Å²) in [6.45, 7) is 2.48. The average molecular weight is 156 g/mol. The first-order valence-corrected chi connectivity index (χ1v) is 4.85. The zero-order valence-corrected chi connectivity index (χ0v) is 6.86. The number of amidine groups is 1. The fourth-order valence-corrected chi connectivity index (χ4v) is 2.24. The standard InChI is InChI=1S/C7H12N2S/c1-2-4-9-5-6-10-8-7(9)3-1/h1-6H2. The molecule has 3 heteroatoms. The van der Waals surface area contributed by atoms with E-state index < -0.39 is 0 Å². The minimum atomic E-state index is 1.18. The molecule has 0 bridgehead atoms. The zero-order chi connectivity index (χ0) is 6.81. The Bertz CT molecular complexity index is 156. The third-order valence-electron chi connectivity index (χ3n) is 2.07. The first-order valence-electron chi connectivity index (χ1n) is 3.90. The SMILES string of the molecule is C1CCN2CCSN=C2C1. The molecule has 0 aromatic rings. The molecule has 0 aliphatic carbocycles. The van der Waals surface area contributed by atoms with E-state index >= 15 is 0 Å². The Labute approximate surface area is 65.8 Å². The van der Waals surface area contributed by atoms with E-state index in [9.17, 15) is 0 Å². The van der Waals surface area contributed by atoms with Crippen molar-refractivity contribution in [2.24, 2.45) is 4.40 Å². The Balaban J connectivity index is 2.08. The number of fused-ring (bicyclic) bond motifs is 1. The van der Waals surface area contributed by atoms with Gasteiger partial charge in [0.25, 0.3) is 0 Å². The molecule has 1 fully saturated rings. The van der Waals surface area contributed by atoms with Crippen molar-refractivity contribution in [3.8, 4) is 0 Å². The van der Waals surface area contributed by atoms with E-state index in [1.54, 1.807) is 11.9 Å². The van der Waals surface area contributed by atoms with Crippen molar-refractivity contribution >= 4 is 17.8 Å². The molecular weight excluding hydrogens is 144 g/mol. The number of piperidine rings is 1. The quantitative estimate of drug-likeness (QED) is 0.494. The summed E-state index contributed by atoms with van der Waals surface area (Å²) in [6, 6.07) is 0. The summed E-state index contributed by atoms with van der Waals surface area (Å²) in [7, 11) is 0. The summed E-state index contributed by atoms with van der Waals surface area (Å²) < 4.78 is 4.41. The van der Waals surface area contributed by atoms with Crippen molar-refractivity contribution in [2.75, 3.05) is 18.8 Å². The van der Waals surface area contributed by atoms with Crippen molar-refractivity contribution < 1.29 is 0 Å². The first-order chi connectivity index (χ1) is 4.97. The zero-order valence-electron chi connectivity index (χ0n) is 6.05. The lowest BCUT2D eigenvalue weighted by atomic mass is 10.1. The molecular formula is C7H12N2S. The van der Waals surface area contributed by atoms with Gasteiger partial charge in [-0.25, -0.2) is 4.40 Å². The lowest BCUT2D eigenvalue weighted by Crippen LogP contribution is -2.38. The van der Waals surface area contributed by atoms with Crippen molar-refractivity contribution in [3.05, 3.63) is 0 Å². The fourth-order valence-electron chi connectivity index (χ4n) is 1.49. The molecule has 0 spiro atoms. The molecule has 10 heavy (non-hydrogen) atoms. The fraction of sp³-hybridized carbons (Fsp3) is 0.857. The highest BCUT2D eigenvalue weighted by Crippen LogP contribution is 2.19. The lowest BCUT2D eigenvalue weighted by molar-refractivity contribution is 0.387. The van der Waals surface area contributed by atoms with Gasteiger partial charge in [0.15, 0.2) is 0 Å². The Kier molecular flexibility index (Phi) is 1.84. The van der Waals surface area contributed by atoms with Crippen LogP contribution in [0.1, 0.15) is 19.3 Å². The van der Waals surface area contributed by atoms with Crippen LogP contribution in [0.4, 0.5) is 0 Å². The van der Waals surface area contributed by atoms with Crippen molar-refractivity contribution in [1.29, 1.82) is 0 Å². The van der Waals surface area contributed by atoms with Crippen molar-refractivity contribution in [1.82, 2.24) is 4.90 Å². The highest BCUT2D eigenvalue weighted by Gasteiger charge is 2.18. The summed E-state index contributed by atoms with van der Waals surface area (Å²) in [5.41, 5.74) is 0. The van der Waals surface area contributed by atoms with E-state index in [2.05, 4.69) is 9.30 Å². The third kappa shape index (κ3) is 1.15. The van der Waals surface area contributed by atoms with E-state index in [0.29, 0.717) is 0 Å². The van der Waals surface area contributed by atoms with Crippen molar-refractivity contribution in [3.63, 3.8) is 0 Å². The summed E-state index contributed by atoms with van der Waals surface area (Å²) in [4.78, 5) is 2.43. The molecule has 0 radical (unpaired) electrons. The normalized spacial score (nSPS) is 25.6. The van der Waals surface area contributed by atoms with Crippen molar-refractivity contribution in [2.45, 2.75) is 19.3 Å². The molecule has 56 valence electrons. The minimum absolute atomic E-state index is 1.18. The van der Waals surface area contributed by atoms with Crippen LogP contribution in [0.3, 0.4) is 0 Å². The molecule has 0 unspecified atom stereocenters. The molecule has 0 atom stereocenters. The maximum absolute atomic E-state index is 4.41. The van der Waals surface area contributed by atoms with Gasteiger partial charge in [0.2, 0.25) is 0 Å². The molecule has 2 heterocycles. The molecule has 0 aromatic carbocycles. The van der Waals surface area contributed by atoms with Gasteiger partial charge in [-0.1, -0.05) is 0 Å². The average Bonchev–Trinajstić information content (AvgIpc) is 2.05. The van der Waals surface area contributed by atoms with Gasteiger partial charge < -0.3 is 4.90 Å². The minimum Gasteiger partial charge on any atom is -0.359 e. The van der Waals surface area contributed by atoms with Crippen LogP contribution in [0.15, 0.2) is 4.40 Å². The highest BCUT2D eigenvalue weighted by atomic mass is 32.2. The van der Waals surface area contributed by atoms with Crippen LogP contribution in [-0.2, 0) is 0 Å². The highest BCUT2D eigenvalue weighted by molar-refractivity contribution is 7.98. The van der Waals surface area contributed by atoms with E-state index in [-0.39, 0.29) is 0 Å². The van der Waals surface area contributed by atoms with E-state index in [1.807, 2.05) is 0 Å². The molecule has 1 saturated heterocycles. The van der Waals surface area contributed by atoms with Gasteiger partial charge in [0.1, 0.15) is 5.84 Å². The predicted octanol–water partition coefficient (Wildman–Crippen LogP) is 1.53. The van der Waals surface area contributed by atoms with Crippen LogP contribution in [0.2, 0.25) is 0 Å². The second-order valence-electron chi connectivity index (χ2n) is 2.78. The van der Waals surface area contributed by atoms with Gasteiger partial charge in [-0.05, 0) is 24.8 Å². The Morgan fingerprint density at radius 1 is 1.30 bits per heavy atom. The summed E-state index contributed by atoms with van der Waals surface area (Å²) in [6.07, 6.45) is 3.92. The lowest BCUT2D eigenvalue weighted by Gasteiger charge is -2.32. The molecule has 2 nitrogen and oxygen atoms in total. The van der Waals surface area contributed by atoms with Crippen LogP contribution in [0, 0.1) is 0 Å². The number of hydrogen-bond donors (Lipinski definition) is 0. The number of rotatable bonds is 0. The Morgan fingerprint density at radius 2 is 2.30 bits per heavy atom. The summed E-state index contributed by atoms with van der Waals surface area (Å²) in [5, 5.41) is 0. The van der Waals surface area contributed by atoms with E-state index in [4.69, 9.17) is 0 Å². The van der Waals surface area contributed by atoms with Crippen LogP contribution >= 0.6 is 11.9 Å². The summed E-state index contributed by atoms with van der Waals surface area (Å²) in [5.74, 6) is 2.53. The third-order valence-corrected chi connectivity index (χ3v) is 2.77. The molecule has 0 saturated carbocycles. The summed E-state index contributed by atoms with van der Waals surface area (Å²) >= 11 is 1.73. The predicted molar refractivity (Wildman–Crippen MR) is 45.3 cm³/mol. The van der Waals surface area contributed by atoms with Gasteiger partial charge in [0, 0.05) is 25.3 Å². The maximum atomic E-state index is 4.41. The largest absolute Gasteiger partial charge is 0.359 e. The van der Waals surface area contributed by atoms with E-state index in [1.165, 1.54) is 43.9 Å². The Morgan fingerprint density at radius 3 is 3.20 bits per heavy atom. The second-order valence-corrected chi connectivity index (χ2v) is 3.63. The molecule has 2 rings (SSSR count). The Hall–Kier alpha value is -0.180. The molecule has 0 amide bonds. The van der Waals surface area contributed by atoms with Crippen LogP contribution < -0.4 is 0 Å².